The Morgan fingerprint density at radius 3 is 1.67 bits per heavy atom. The first-order chi connectivity index (χ1) is 2.83. The first-order valence-electron chi connectivity index (χ1n) is 1.63. The van der Waals surface area contributed by atoms with Crippen molar-refractivity contribution < 1.29 is 9.46 Å². The summed E-state index contributed by atoms with van der Waals surface area (Å²) in [5.41, 5.74) is 0. The topological polar surface area (TPSA) is 40.1 Å². The van der Waals surface area contributed by atoms with E-state index in [1.807, 2.05) is 0 Å². The molecule has 0 aliphatic heterocycles. The van der Waals surface area contributed by atoms with Crippen molar-refractivity contribution in [1.29, 1.82) is 0 Å². The van der Waals surface area contributed by atoms with Gasteiger partial charge in [0, 0.05) is 0 Å². The summed E-state index contributed by atoms with van der Waals surface area (Å²) < 4.78 is 8.46. The third-order valence-corrected chi connectivity index (χ3v) is 0. The molecule has 0 bridgehead atoms. The Morgan fingerprint density at radius 2 is 1.67 bits per heavy atom. The molecule has 0 aliphatic carbocycles. The van der Waals surface area contributed by atoms with Gasteiger partial charge >= 0.3 is 26.8 Å². The van der Waals surface area contributed by atoms with Crippen LogP contribution in [0.3, 0.4) is 0 Å². The van der Waals surface area contributed by atoms with Gasteiger partial charge in [-0.05, 0) is 8.69 Å². The first kappa shape index (κ1) is 9.87. The third-order valence-electron chi connectivity index (χ3n) is 0. The summed E-state index contributed by atoms with van der Waals surface area (Å²) in [4.78, 5) is 8.46. The van der Waals surface area contributed by atoms with Crippen LogP contribution in [0.15, 0.2) is 0 Å². The molecule has 0 saturated carbocycles. The Hall–Kier alpha value is 0.722. The first-order valence-corrected chi connectivity index (χ1v) is 4.88. The van der Waals surface area contributed by atoms with Gasteiger partial charge in [-0.1, -0.05) is 0 Å². The normalized spacial score (nSPS) is 6.50. The molecule has 2 nitrogen and oxygen atoms in total. The van der Waals surface area contributed by atoms with Gasteiger partial charge in [0.25, 0.3) is 0 Å². The van der Waals surface area contributed by atoms with E-state index >= 15 is 0 Å². The number of hydrogen-bond acceptors (Lipinski definition) is 2. The molecular weight excluding hydrogens is 114 g/mol. The Balaban J connectivity index is 0. The van der Waals surface area contributed by atoms with E-state index < -0.39 is 8.69 Å². The fourth-order valence-corrected chi connectivity index (χ4v) is 0. The van der Waals surface area contributed by atoms with Crippen molar-refractivity contribution in [3.05, 3.63) is 0 Å². The van der Waals surface area contributed by atoms with Crippen molar-refractivity contribution in [3.63, 3.8) is 0 Å². The van der Waals surface area contributed by atoms with E-state index in [0.717, 1.165) is 15.2 Å². The van der Waals surface area contributed by atoms with Crippen LogP contribution in [-0.2, 0) is 4.57 Å². The summed E-state index contributed by atoms with van der Waals surface area (Å²) in [7, 11) is -1.75. The van der Waals surface area contributed by atoms with E-state index in [2.05, 4.69) is 11.6 Å². The molecule has 0 heterocycles. The van der Waals surface area contributed by atoms with E-state index in [9.17, 15) is 0 Å². The van der Waals surface area contributed by atoms with Gasteiger partial charge in [0.05, 0.1) is 0 Å². The molecule has 6 heavy (non-hydrogen) atoms. The molecule has 0 rings (SSSR count). The minimum atomic E-state index is -1.75. The minimum absolute atomic E-state index is 0.750. The zero-order chi connectivity index (χ0) is 5.41. The standard InChI is InChI=1S/2CH3.Al.H3O2P/c;;;1-3-2/h2*1H3;;3H2,(H,1,2)/q;;+1;/p-1. The van der Waals surface area contributed by atoms with E-state index in [-0.39, 0.29) is 0 Å². The fourth-order valence-electron chi connectivity index (χ4n) is 0. The molecule has 0 spiro atoms. The fraction of sp³-hybridized carbons (Fsp3) is 1.00. The molecule has 0 N–H and O–H groups in total. The van der Waals surface area contributed by atoms with Crippen molar-refractivity contribution in [1.82, 2.24) is 0 Å². The van der Waals surface area contributed by atoms with Crippen LogP contribution >= 0.6 is 8.69 Å². The van der Waals surface area contributed by atoms with Crippen LogP contribution in [0.25, 0.3) is 0 Å². The average Bonchev–Trinajstić information content (AvgIpc) is 1.39. The molecule has 0 radical (unpaired) electrons. The van der Waals surface area contributed by atoms with Crippen LogP contribution in [-0.4, -0.2) is 15.2 Å². The van der Waals surface area contributed by atoms with E-state index in [1.54, 1.807) is 0 Å². The number of rotatable bonds is 0. The predicted molar refractivity (Wildman–Crippen MR) is 27.9 cm³/mol. The van der Waals surface area contributed by atoms with Crippen LogP contribution in [0.5, 0.6) is 0 Å². The van der Waals surface area contributed by atoms with Crippen LogP contribution in [0.4, 0.5) is 0 Å². The van der Waals surface area contributed by atoms with E-state index in [0.29, 0.717) is 0 Å². The number of hydrogen-bond donors (Lipinski definition) is 0. The van der Waals surface area contributed by atoms with Crippen molar-refractivity contribution in [3.8, 4) is 0 Å². The van der Waals surface area contributed by atoms with Gasteiger partial charge in [0.2, 0.25) is 0 Å². The summed E-state index contributed by atoms with van der Waals surface area (Å²) in [5.74, 6) is 4.42. The summed E-state index contributed by atoms with van der Waals surface area (Å²) in [5, 5.41) is 0. The molecule has 36 valence electrons. The maximum atomic E-state index is 8.46. The van der Waals surface area contributed by atoms with Crippen molar-refractivity contribution in [2.45, 2.75) is 11.6 Å². The van der Waals surface area contributed by atoms with E-state index in [4.69, 9.17) is 9.46 Å². The summed E-state index contributed by atoms with van der Waals surface area (Å²) in [6, 6.07) is 0. The van der Waals surface area contributed by atoms with Crippen LogP contribution in [0.1, 0.15) is 0 Å². The van der Waals surface area contributed by atoms with Gasteiger partial charge in [-0.2, -0.15) is 0 Å². The average molecular weight is 122 g/mol. The van der Waals surface area contributed by atoms with Gasteiger partial charge in [-0.3, -0.25) is 0 Å². The predicted octanol–water partition coefficient (Wildman–Crippen LogP) is -0.195. The van der Waals surface area contributed by atoms with Gasteiger partial charge in [0.1, 0.15) is 0 Å². The molecule has 0 fully saturated rings. The van der Waals surface area contributed by atoms with Crippen molar-refractivity contribution in [2.75, 3.05) is 0 Å². The second kappa shape index (κ2) is 17.2. The van der Waals surface area contributed by atoms with Gasteiger partial charge < -0.3 is 9.46 Å². The molecule has 1 unspecified atom stereocenters. The molecule has 0 aromatic heterocycles. The van der Waals surface area contributed by atoms with Crippen molar-refractivity contribution in [2.24, 2.45) is 0 Å². The van der Waals surface area contributed by atoms with Gasteiger partial charge in [-0.25, -0.2) is 0 Å². The second-order valence-electron chi connectivity index (χ2n) is 0.674. The summed E-state index contributed by atoms with van der Waals surface area (Å²) >= 11 is 0.750. The summed E-state index contributed by atoms with van der Waals surface area (Å²) in [6.07, 6.45) is 0. The molecule has 0 saturated heterocycles. The second-order valence-corrected chi connectivity index (χ2v) is 2.02. The summed E-state index contributed by atoms with van der Waals surface area (Å²) in [6.45, 7) is 0. The van der Waals surface area contributed by atoms with Gasteiger partial charge in [0.15, 0.2) is 0 Å². The molecule has 1 atom stereocenters. The molecule has 4 heteroatoms. The molecule has 0 aromatic carbocycles. The Morgan fingerprint density at radius 1 is 1.67 bits per heavy atom. The molecule has 0 amide bonds. The van der Waals surface area contributed by atoms with E-state index in [1.165, 1.54) is 0 Å². The Labute approximate surface area is 45.6 Å². The third kappa shape index (κ3) is 125. The Bertz CT molecular complexity index is 25.5. The van der Waals surface area contributed by atoms with Crippen molar-refractivity contribution >= 4 is 23.9 Å². The maximum absolute atomic E-state index is 8.46. The molecule has 0 aliphatic rings. The van der Waals surface area contributed by atoms with Crippen LogP contribution in [0.2, 0.25) is 11.6 Å². The zero-order valence-electron chi connectivity index (χ0n) is 3.97. The molecular formula is C2H8AlO2P. The molecule has 0 aromatic rings. The Kier molecular flexibility index (Phi) is 28.3. The zero-order valence-corrected chi connectivity index (χ0v) is 6.28. The quantitative estimate of drug-likeness (QED) is 0.330. The monoisotopic (exact) mass is 122 g/mol. The van der Waals surface area contributed by atoms with Gasteiger partial charge in [-0.15, -0.1) is 0 Å². The van der Waals surface area contributed by atoms with Crippen LogP contribution < -0.4 is 4.89 Å². The van der Waals surface area contributed by atoms with Crippen LogP contribution in [0, 0.1) is 0 Å². The SMILES string of the molecule is O=[PH2][O-].[CH3][Al+][CH3].